The van der Waals surface area contributed by atoms with E-state index in [4.69, 9.17) is 22.1 Å². The lowest BCUT2D eigenvalue weighted by atomic mass is 9.93. The van der Waals surface area contributed by atoms with Crippen molar-refractivity contribution >= 4 is 21.6 Å². The van der Waals surface area contributed by atoms with E-state index < -0.39 is 10.0 Å². The van der Waals surface area contributed by atoms with Gasteiger partial charge in [-0.3, -0.25) is 0 Å². The van der Waals surface area contributed by atoms with Gasteiger partial charge in [-0.2, -0.15) is 4.31 Å². The van der Waals surface area contributed by atoms with Crippen molar-refractivity contribution in [1.82, 2.24) is 4.31 Å². The molecule has 0 spiro atoms. The minimum atomic E-state index is -3.54. The lowest BCUT2D eigenvalue weighted by Gasteiger charge is -2.33. The van der Waals surface area contributed by atoms with Gasteiger partial charge in [-0.05, 0) is 43.9 Å². The number of ether oxygens (including phenoxy) is 1. The zero-order valence-electron chi connectivity index (χ0n) is 12.3. The maximum atomic E-state index is 12.7. The Kier molecular flexibility index (Phi) is 5.14. The Hall–Kier alpha value is -0.820. The molecule has 0 amide bonds. The first kappa shape index (κ1) is 16.5. The second-order valence-electron chi connectivity index (χ2n) is 5.42. The maximum absolute atomic E-state index is 12.7. The largest absolute Gasteiger partial charge is 0.495 e. The Morgan fingerprint density at radius 3 is 2.76 bits per heavy atom. The first-order valence-electron chi connectivity index (χ1n) is 6.95. The zero-order chi connectivity index (χ0) is 15.6. The molecular formula is C14H21ClN2O3S. The molecule has 0 radical (unpaired) electrons. The molecule has 7 heteroatoms. The van der Waals surface area contributed by atoms with Gasteiger partial charge in [0.15, 0.2) is 0 Å². The molecule has 1 fully saturated rings. The minimum absolute atomic E-state index is 0.0116. The maximum Gasteiger partial charge on any atom is 0.243 e. The third-order valence-electron chi connectivity index (χ3n) is 3.93. The number of nitrogens with two attached hydrogens (primary N) is 1. The topological polar surface area (TPSA) is 72.6 Å². The summed E-state index contributed by atoms with van der Waals surface area (Å²) < 4.78 is 31.9. The number of sulfonamides is 1. The van der Waals surface area contributed by atoms with Crippen LogP contribution in [0.2, 0.25) is 5.02 Å². The fraction of sp³-hybridized carbons (Fsp3) is 0.571. The quantitative estimate of drug-likeness (QED) is 0.916. The molecule has 2 atom stereocenters. The Labute approximate surface area is 131 Å². The van der Waals surface area contributed by atoms with Gasteiger partial charge in [0.05, 0.1) is 17.0 Å². The highest BCUT2D eigenvalue weighted by molar-refractivity contribution is 7.89. The fourth-order valence-electron chi connectivity index (χ4n) is 2.58. The van der Waals surface area contributed by atoms with Crippen LogP contribution < -0.4 is 10.5 Å². The summed E-state index contributed by atoms with van der Waals surface area (Å²) in [5, 5.41) is 0.291. The summed E-state index contributed by atoms with van der Waals surface area (Å²) in [5.74, 6) is 0.657. The van der Waals surface area contributed by atoms with Gasteiger partial charge in [-0.15, -0.1) is 0 Å². The van der Waals surface area contributed by atoms with Crippen LogP contribution in [-0.4, -0.2) is 39.0 Å². The lowest BCUT2D eigenvalue weighted by Crippen LogP contribution is -2.44. The Balaban J connectivity index is 2.27. The van der Waals surface area contributed by atoms with E-state index in [0.717, 1.165) is 12.8 Å². The van der Waals surface area contributed by atoms with Gasteiger partial charge in [0.1, 0.15) is 5.75 Å². The van der Waals surface area contributed by atoms with Crippen molar-refractivity contribution in [1.29, 1.82) is 0 Å². The van der Waals surface area contributed by atoms with Gasteiger partial charge >= 0.3 is 0 Å². The molecule has 118 valence electrons. The van der Waals surface area contributed by atoms with Crippen LogP contribution in [-0.2, 0) is 10.0 Å². The number of benzene rings is 1. The Morgan fingerprint density at radius 2 is 2.19 bits per heavy atom. The fourth-order valence-corrected chi connectivity index (χ4v) is 4.46. The van der Waals surface area contributed by atoms with Crippen molar-refractivity contribution in [3.05, 3.63) is 23.2 Å². The van der Waals surface area contributed by atoms with Gasteiger partial charge in [-0.25, -0.2) is 8.42 Å². The molecule has 1 aliphatic rings. The van der Waals surface area contributed by atoms with E-state index in [0.29, 0.717) is 23.9 Å². The summed E-state index contributed by atoms with van der Waals surface area (Å²) in [7, 11) is -2.04. The van der Waals surface area contributed by atoms with E-state index in [1.807, 2.05) is 6.92 Å². The molecule has 0 bridgehead atoms. The molecule has 1 aromatic carbocycles. The van der Waals surface area contributed by atoms with Gasteiger partial charge in [0.25, 0.3) is 0 Å². The van der Waals surface area contributed by atoms with Crippen LogP contribution in [0, 0.1) is 5.92 Å². The molecule has 1 saturated heterocycles. The predicted molar refractivity (Wildman–Crippen MR) is 83.1 cm³/mol. The van der Waals surface area contributed by atoms with Crippen molar-refractivity contribution in [2.24, 2.45) is 11.7 Å². The second kappa shape index (κ2) is 6.52. The molecule has 0 aromatic heterocycles. The molecule has 1 aromatic rings. The molecule has 2 N–H and O–H groups in total. The van der Waals surface area contributed by atoms with Gasteiger partial charge in [-0.1, -0.05) is 11.6 Å². The van der Waals surface area contributed by atoms with Crippen LogP contribution in [0.1, 0.15) is 19.8 Å². The first-order valence-corrected chi connectivity index (χ1v) is 8.77. The zero-order valence-corrected chi connectivity index (χ0v) is 13.8. The van der Waals surface area contributed by atoms with Crippen molar-refractivity contribution in [3.8, 4) is 5.75 Å². The molecule has 0 aliphatic carbocycles. The number of rotatable bonds is 4. The van der Waals surface area contributed by atoms with Crippen molar-refractivity contribution < 1.29 is 13.2 Å². The van der Waals surface area contributed by atoms with Crippen LogP contribution in [0.5, 0.6) is 5.75 Å². The number of nitrogens with zero attached hydrogens (tertiary/aromatic N) is 1. The summed E-state index contributed by atoms with van der Waals surface area (Å²) in [5.41, 5.74) is 5.91. The van der Waals surface area contributed by atoms with Crippen molar-refractivity contribution in [2.45, 2.75) is 30.7 Å². The highest BCUT2D eigenvalue weighted by Gasteiger charge is 2.31. The van der Waals surface area contributed by atoms with Gasteiger partial charge in [0, 0.05) is 19.1 Å². The molecule has 1 aliphatic heterocycles. The highest BCUT2D eigenvalue weighted by atomic mass is 35.5. The van der Waals surface area contributed by atoms with Crippen LogP contribution >= 0.6 is 11.6 Å². The predicted octanol–water partition coefficient (Wildman–Crippen LogP) is 2.10. The van der Waals surface area contributed by atoms with Crippen molar-refractivity contribution in [3.63, 3.8) is 0 Å². The summed E-state index contributed by atoms with van der Waals surface area (Å²) in [6, 6.07) is 4.52. The molecule has 5 nitrogen and oxygen atoms in total. The number of methoxy groups -OCH3 is 1. The Morgan fingerprint density at radius 1 is 1.48 bits per heavy atom. The van der Waals surface area contributed by atoms with Gasteiger partial charge in [0.2, 0.25) is 10.0 Å². The summed E-state index contributed by atoms with van der Waals surface area (Å²) in [4.78, 5) is 0.193. The number of halogens is 1. The van der Waals surface area contributed by atoms with Crippen LogP contribution in [0.4, 0.5) is 0 Å². The average molecular weight is 333 g/mol. The second-order valence-corrected chi connectivity index (χ2v) is 7.77. The van der Waals surface area contributed by atoms with Crippen molar-refractivity contribution in [2.75, 3.05) is 20.2 Å². The monoisotopic (exact) mass is 332 g/mol. The summed E-state index contributed by atoms with van der Waals surface area (Å²) in [6.45, 7) is 2.91. The van der Waals surface area contributed by atoms with E-state index in [1.54, 1.807) is 6.07 Å². The first-order chi connectivity index (χ1) is 9.86. The SMILES string of the molecule is COc1ccc(S(=O)(=O)N2CCCC(C(C)N)C2)cc1Cl. The summed E-state index contributed by atoms with van der Waals surface area (Å²) in [6.07, 6.45) is 1.79. The standard InChI is InChI=1S/C14H21ClN2O3S/c1-10(16)11-4-3-7-17(9-11)21(18,19)12-5-6-14(20-2)13(15)8-12/h5-6,8,10-11H,3-4,7,9,16H2,1-2H3. The Bertz CT molecular complexity index is 604. The van der Waals surface area contributed by atoms with E-state index in [-0.39, 0.29) is 16.9 Å². The third-order valence-corrected chi connectivity index (χ3v) is 6.08. The number of hydrogen-bond donors (Lipinski definition) is 1. The summed E-state index contributed by atoms with van der Waals surface area (Å²) >= 11 is 6.03. The normalized spacial score (nSPS) is 22.0. The number of piperidine rings is 1. The molecular weight excluding hydrogens is 312 g/mol. The average Bonchev–Trinajstić information content (AvgIpc) is 2.47. The smallest absolute Gasteiger partial charge is 0.243 e. The van der Waals surface area contributed by atoms with Gasteiger partial charge < -0.3 is 10.5 Å². The van der Waals surface area contributed by atoms with Crippen LogP contribution in [0.3, 0.4) is 0 Å². The van der Waals surface area contributed by atoms with E-state index in [9.17, 15) is 8.42 Å². The lowest BCUT2D eigenvalue weighted by molar-refractivity contribution is 0.243. The van der Waals surface area contributed by atoms with Crippen LogP contribution in [0.25, 0.3) is 0 Å². The molecule has 1 heterocycles. The van der Waals surface area contributed by atoms with Crippen LogP contribution in [0.15, 0.2) is 23.1 Å². The molecule has 2 unspecified atom stereocenters. The molecule has 21 heavy (non-hydrogen) atoms. The molecule has 2 rings (SSSR count). The van der Waals surface area contributed by atoms with E-state index in [2.05, 4.69) is 0 Å². The number of hydrogen-bond acceptors (Lipinski definition) is 4. The third kappa shape index (κ3) is 3.51. The van der Waals surface area contributed by atoms with E-state index >= 15 is 0 Å². The minimum Gasteiger partial charge on any atom is -0.495 e. The highest BCUT2D eigenvalue weighted by Crippen LogP contribution is 2.30. The van der Waals surface area contributed by atoms with E-state index in [1.165, 1.54) is 23.5 Å². The molecule has 0 saturated carbocycles.